The first-order valence-electron chi connectivity index (χ1n) is 56.2. The van der Waals surface area contributed by atoms with Crippen LogP contribution in [0.15, 0.2) is 91.2 Å². The van der Waals surface area contributed by atoms with E-state index >= 15 is 0 Å². The summed E-state index contributed by atoms with van der Waals surface area (Å²) in [4.78, 5) is 72.2. The molecule has 17 rings (SSSR count). The number of rotatable bonds is 20. The maximum absolute atomic E-state index is 12.8. The van der Waals surface area contributed by atoms with E-state index in [4.69, 9.17) is 14.6 Å². The topological polar surface area (TPSA) is 161 Å². The van der Waals surface area contributed by atoms with E-state index in [0.29, 0.717) is 108 Å². The first kappa shape index (κ1) is 116. The van der Waals surface area contributed by atoms with E-state index in [2.05, 4.69) is 191 Å². The minimum Gasteiger partial charge on any atom is -1.00 e. The number of fused-ring (bicyclic) bond motifs is 16. The SMILES string of the molecule is C.C/C(=C/CCC(C)[C@@H]1CC[C@]2(C)C3=C(CC[C@@]12C)[C@@]1(C)CCC(=O)C(C)(C)C1CC3)C(=O)O.C/C(=C/CCC(C)[C@@H]1CC[C@]2(C)C3=C(CC[C@@]12C)[C@@]1(C)CCCC(C)(C)C1CC3)CO.C/C(C=O)=C/CCC(C)[C@@H]1CC[C@]2(C)C3=C(CC[C@@]12C)[C@@]1(C)CCC(=O)C(C)(C)C1CC3.C1CCOC1.COC(=O)/C(C)=C\CCC(C)[C@@H]1CC[C@]2(C)C3=C(CC[C@@]12C)[C@@]1(C)CCC(=O)C(C)(C)C1CC3.[AlH3].[H-].[Li+]. The van der Waals surface area contributed by atoms with Gasteiger partial charge in [0.2, 0.25) is 0 Å². The van der Waals surface area contributed by atoms with Crippen molar-refractivity contribution >= 4 is 52.9 Å². The molecule has 10 nitrogen and oxygen atoms in total. The monoisotopic (exact) mass is 1910 g/mol. The van der Waals surface area contributed by atoms with Crippen LogP contribution in [0.4, 0.5) is 0 Å². The standard InChI is InChI=1S/C31H48O3.C30H46O3.C30H46O2.C30H50O.C4H8O.CH4.Al.Li.4H/c1-20(10-9-11-21(2)27(33)34-8)22-14-18-31(7)24-12-13-25-28(3,4)26(32)16-17-29(25,5)23(24)15-19-30(22,31)6;1-19(9-8-10-20(2)26(32)33)21-13-17-30(7)23-11-12-24-27(3,4)25(31)15-16-28(24,5)22(23)14-18-29(21,30)6;1-20(19-31)9-8-10-21(2)22-13-17-30(7)24-11-12-25-27(3,4)26(32)15-16-28(25,5)23(24)14-18-29(22,30)6;1-21(20-31)10-8-11-22(2)23-14-18-30(7)25-12-13-26-27(3,4)16-9-17-28(26,5)24(25)15-19-29(23,30)6;1-2-4-5-3-1;;;;;;;/h11,20,22,25H,9-10,12-19H2,1-8H3;10,19,21,24H,8-9,11-18H2,1-7H3,(H,32,33);9,19,21-22,25H,8,10-18H2,1-7H3;10,22-23,26,31H,8-9,11-20H2,1-7H3;1-4H2;1H4;;;;;;/q;;;;;;;+1;;;;-1/b21-11-;20-10-;20-9-;21-10-;;;;;;;;/t20?,22-,25?,29+,30-,31+;19?,21-,24?,28+,29-,30+;21?,22-,25?,28+,29-,30+;22?,23-,26?,28+,29-,30+;;;;;;;;/m0000......../s1. The number of carboxylic acid groups (broad SMARTS) is 1. The van der Waals surface area contributed by atoms with E-state index in [1.807, 2.05) is 31.1 Å². The summed E-state index contributed by atoms with van der Waals surface area (Å²) in [5.41, 5.74) is 21.5. The van der Waals surface area contributed by atoms with Gasteiger partial charge in [-0.05, 0) is 425 Å². The van der Waals surface area contributed by atoms with E-state index in [0.717, 1.165) is 143 Å². The zero-order chi connectivity index (χ0) is 99.2. The maximum Gasteiger partial charge on any atom is 1.00 e. The second-order valence-electron chi connectivity index (χ2n) is 54.6. The molecule has 12 heteroatoms. The number of carbonyl (C=O) groups is 6. The molecular formula is C126H206AlLiO10. The molecule has 16 aliphatic carbocycles. The van der Waals surface area contributed by atoms with Crippen molar-refractivity contribution in [1.29, 1.82) is 0 Å². The first-order valence-corrected chi connectivity index (χ1v) is 56.2. The molecule has 1 heterocycles. The van der Waals surface area contributed by atoms with Crippen LogP contribution in [0, 0.1) is 158 Å². The van der Waals surface area contributed by atoms with Gasteiger partial charge in [-0.25, -0.2) is 9.59 Å². The van der Waals surface area contributed by atoms with Crippen molar-refractivity contribution in [2.24, 2.45) is 158 Å². The summed E-state index contributed by atoms with van der Waals surface area (Å²) < 4.78 is 9.80. The number of ketones is 3. The van der Waals surface area contributed by atoms with Gasteiger partial charge in [0.05, 0.1) is 13.7 Å². The third-order valence-corrected chi connectivity index (χ3v) is 47.4. The van der Waals surface area contributed by atoms with Crippen LogP contribution in [-0.2, 0) is 38.2 Å². The zero-order valence-electron chi connectivity index (χ0n) is 94.0. The zero-order valence-corrected chi connectivity index (χ0v) is 93.0. The third kappa shape index (κ3) is 19.9. The number of aliphatic hydroxyl groups excluding tert-OH is 1. The summed E-state index contributed by atoms with van der Waals surface area (Å²) in [5, 5.41) is 18.5. The maximum atomic E-state index is 12.8. The van der Waals surface area contributed by atoms with Crippen molar-refractivity contribution in [3.05, 3.63) is 91.2 Å². The number of methoxy groups -OCH3 is 1. The number of hydrogen-bond donors (Lipinski definition) is 2. The first-order chi connectivity index (χ1) is 63.0. The average Bonchev–Trinajstić information content (AvgIpc) is 1.62. The van der Waals surface area contributed by atoms with Crippen LogP contribution in [0.25, 0.3) is 0 Å². The molecular weight excluding hydrogens is 1710 g/mol. The molecule has 9 fully saturated rings. The number of aliphatic hydroxyl groups is 1. The second-order valence-corrected chi connectivity index (χ2v) is 54.6. The number of allylic oxidation sites excluding steroid dienone is 13. The normalized spacial score (nSPS) is 40.2. The fourth-order valence-corrected chi connectivity index (χ4v) is 38.1. The summed E-state index contributed by atoms with van der Waals surface area (Å²) in [6, 6.07) is 0. The molecule has 0 bridgehead atoms. The van der Waals surface area contributed by atoms with Crippen molar-refractivity contribution in [3.8, 4) is 0 Å². The Bertz CT molecular complexity index is 4700. The van der Waals surface area contributed by atoms with Gasteiger partial charge in [-0.15, -0.1) is 0 Å². The molecule has 24 atom stereocenters. The molecule has 0 radical (unpaired) electrons. The Balaban J connectivity index is 0.000000202. The molecule has 0 aromatic heterocycles. The van der Waals surface area contributed by atoms with E-state index in [1.54, 1.807) is 40.4 Å². The molecule has 1 aliphatic heterocycles. The van der Waals surface area contributed by atoms with Crippen LogP contribution >= 0.6 is 0 Å². The van der Waals surface area contributed by atoms with Crippen molar-refractivity contribution < 1.29 is 68.7 Å². The number of carbonyl (C=O) groups excluding carboxylic acids is 5. The Labute approximate surface area is 868 Å². The van der Waals surface area contributed by atoms with Crippen molar-refractivity contribution in [3.63, 3.8) is 0 Å². The Morgan fingerprint density at radius 2 is 0.674 bits per heavy atom. The van der Waals surface area contributed by atoms with Crippen LogP contribution in [0.1, 0.15) is 479 Å². The quantitative estimate of drug-likeness (QED) is 0.0395. The van der Waals surface area contributed by atoms with Gasteiger partial charge in [0.25, 0.3) is 0 Å². The molecule has 2 N–H and O–H groups in total. The number of esters is 1. The average molecular weight is 1910 g/mol. The number of carboxylic acids is 1. The van der Waals surface area contributed by atoms with Gasteiger partial charge in [-0.2, -0.15) is 0 Å². The van der Waals surface area contributed by atoms with E-state index < -0.39 is 5.97 Å². The van der Waals surface area contributed by atoms with Gasteiger partial charge < -0.3 is 21.1 Å². The van der Waals surface area contributed by atoms with Crippen LogP contribution in [0.2, 0.25) is 0 Å². The van der Waals surface area contributed by atoms with Crippen molar-refractivity contribution in [2.75, 3.05) is 26.9 Å². The van der Waals surface area contributed by atoms with Gasteiger partial charge in [0.1, 0.15) is 23.6 Å². The number of Topliss-reactive ketones (excluding diaryl/α,β-unsaturated/α-hetero) is 3. The summed E-state index contributed by atoms with van der Waals surface area (Å²) >= 11 is 0. The van der Waals surface area contributed by atoms with Gasteiger partial charge in [0.15, 0.2) is 17.4 Å². The summed E-state index contributed by atoms with van der Waals surface area (Å²) in [6.07, 6.45) is 61.1. The van der Waals surface area contributed by atoms with Crippen LogP contribution < -0.4 is 18.9 Å². The second kappa shape index (κ2) is 43.4. The van der Waals surface area contributed by atoms with Gasteiger partial charge in [0, 0.05) is 59.9 Å². The Morgan fingerprint density at radius 3 is 0.957 bits per heavy atom. The Hall–Kier alpha value is -3.41. The fraction of sp³-hybridized carbons (Fsp3) is 0.825. The summed E-state index contributed by atoms with van der Waals surface area (Å²) in [5.74, 6) is 8.58. The minimum atomic E-state index is -0.800. The summed E-state index contributed by atoms with van der Waals surface area (Å²) in [6.45, 7) is 69.2. The van der Waals surface area contributed by atoms with E-state index in [9.17, 15) is 33.9 Å². The number of aliphatic carboxylic acids is 1. The molecule has 0 aromatic rings. The molecule has 1 saturated heterocycles. The molecule has 0 spiro atoms. The van der Waals surface area contributed by atoms with E-state index in [1.165, 1.54) is 206 Å². The summed E-state index contributed by atoms with van der Waals surface area (Å²) in [7, 11) is 1.45. The smallest absolute Gasteiger partial charge is 1.00 e. The van der Waals surface area contributed by atoms with E-state index in [-0.39, 0.29) is 101 Å². The Morgan fingerprint density at radius 1 is 0.384 bits per heavy atom. The Kier molecular flexibility index (Phi) is 36.6. The van der Waals surface area contributed by atoms with Gasteiger partial charge >= 0.3 is 30.8 Å². The third-order valence-electron chi connectivity index (χ3n) is 47.4. The van der Waals surface area contributed by atoms with Crippen molar-refractivity contribution in [2.45, 2.75) is 477 Å². The number of aldehydes is 1. The van der Waals surface area contributed by atoms with Crippen molar-refractivity contribution in [1.82, 2.24) is 0 Å². The molecule has 17 aliphatic rings. The van der Waals surface area contributed by atoms with Crippen LogP contribution in [0.5, 0.6) is 0 Å². The fourth-order valence-electron chi connectivity index (χ4n) is 38.1. The minimum absolute atomic E-state index is 0. The predicted octanol–water partition coefficient (Wildman–Crippen LogP) is 29.3. The molecule has 8 unspecified atom stereocenters. The largest absolute Gasteiger partial charge is 1.00 e. The van der Waals surface area contributed by atoms with Gasteiger partial charge in [-0.1, -0.05) is 254 Å². The molecule has 0 amide bonds. The van der Waals surface area contributed by atoms with Crippen LogP contribution in [-0.4, -0.2) is 90.1 Å². The molecule has 138 heavy (non-hydrogen) atoms. The van der Waals surface area contributed by atoms with Gasteiger partial charge in [-0.3, -0.25) is 19.2 Å². The van der Waals surface area contributed by atoms with Crippen LogP contribution in [0.3, 0.4) is 0 Å². The molecule has 0 aromatic carbocycles. The molecule has 774 valence electrons. The molecule has 8 saturated carbocycles. The number of hydrogen-bond acceptors (Lipinski definition) is 9. The number of ether oxygens (including phenoxy) is 2. The predicted molar refractivity (Wildman–Crippen MR) is 575 cm³/mol.